The van der Waals surface area contributed by atoms with Crippen LogP contribution >= 0.6 is 11.3 Å². The first-order chi connectivity index (χ1) is 13.2. The fourth-order valence-electron chi connectivity index (χ4n) is 3.02. The summed E-state index contributed by atoms with van der Waals surface area (Å²) in [4.78, 5) is 10.2. The van der Waals surface area contributed by atoms with Gasteiger partial charge in [0, 0.05) is 47.5 Å². The van der Waals surface area contributed by atoms with Gasteiger partial charge >= 0.3 is 0 Å². The molecule has 0 aliphatic heterocycles. The lowest BCUT2D eigenvalue weighted by Gasteiger charge is -2.11. The van der Waals surface area contributed by atoms with E-state index in [9.17, 15) is 0 Å². The Morgan fingerprint density at radius 2 is 2.07 bits per heavy atom. The highest BCUT2D eigenvalue weighted by Crippen LogP contribution is 2.37. The molecule has 4 aromatic rings. The smallest absolute Gasteiger partial charge is 0.183 e. The van der Waals surface area contributed by atoms with E-state index in [1.54, 1.807) is 18.4 Å². The summed E-state index contributed by atoms with van der Waals surface area (Å²) >= 11 is 1.67. The molecule has 0 spiro atoms. The van der Waals surface area contributed by atoms with Crippen LogP contribution in [-0.2, 0) is 0 Å². The molecular formula is C21H22N4OS. The molecule has 0 fully saturated rings. The van der Waals surface area contributed by atoms with Gasteiger partial charge in [0.05, 0.1) is 12.0 Å². The predicted octanol–water partition coefficient (Wildman–Crippen LogP) is 5.34. The molecule has 138 valence electrons. The lowest BCUT2D eigenvalue weighted by molar-refractivity contribution is 0.416. The van der Waals surface area contributed by atoms with Crippen molar-refractivity contribution in [2.45, 2.75) is 26.3 Å². The fraction of sp³-hybridized carbons (Fsp3) is 0.238. The average Bonchev–Trinajstić information content (AvgIpc) is 3.36. The molecule has 0 aliphatic rings. The van der Waals surface area contributed by atoms with E-state index in [4.69, 9.17) is 4.74 Å². The number of anilines is 1. The normalized spacial score (nSPS) is 12.3. The molecule has 6 heteroatoms. The number of hydrogen-bond acceptors (Lipinski definition) is 5. The van der Waals surface area contributed by atoms with Crippen molar-refractivity contribution in [3.05, 3.63) is 55.1 Å². The van der Waals surface area contributed by atoms with Crippen molar-refractivity contribution in [2.75, 3.05) is 12.4 Å². The Balaban J connectivity index is 1.82. The fourth-order valence-corrected chi connectivity index (χ4v) is 3.93. The maximum Gasteiger partial charge on any atom is 0.183 e. The highest BCUT2D eigenvalue weighted by atomic mass is 32.1. The van der Waals surface area contributed by atoms with Crippen LogP contribution in [0.25, 0.3) is 27.2 Å². The number of benzene rings is 1. The van der Waals surface area contributed by atoms with Crippen LogP contribution in [0, 0.1) is 0 Å². The minimum atomic E-state index is 0.407. The summed E-state index contributed by atoms with van der Waals surface area (Å²) in [5.41, 5.74) is 4.09. The number of aromatic nitrogens is 3. The third kappa shape index (κ3) is 3.40. The van der Waals surface area contributed by atoms with Gasteiger partial charge in [-0.3, -0.25) is 0 Å². The molecular weight excluding hydrogens is 356 g/mol. The first kappa shape index (κ1) is 17.5. The number of ether oxygens (including phenoxy) is 1. The summed E-state index contributed by atoms with van der Waals surface area (Å²) in [6, 6.07) is 10.6. The van der Waals surface area contributed by atoms with Crippen molar-refractivity contribution in [3.8, 4) is 27.3 Å². The molecule has 3 aromatic heterocycles. The van der Waals surface area contributed by atoms with Crippen LogP contribution in [0.2, 0.25) is 0 Å². The van der Waals surface area contributed by atoms with Gasteiger partial charge in [-0.05, 0) is 25.5 Å². The van der Waals surface area contributed by atoms with Crippen LogP contribution in [0.15, 0.2) is 55.1 Å². The zero-order valence-corrected chi connectivity index (χ0v) is 16.5. The SMILES string of the molecule is CC[C@@H](C)Nc1ncc(-c2cc(-c3ccccc3OC)c3nccn3c2)s1. The van der Waals surface area contributed by atoms with E-state index in [1.165, 1.54) is 0 Å². The Labute approximate surface area is 162 Å². The minimum absolute atomic E-state index is 0.407. The van der Waals surface area contributed by atoms with Crippen LogP contribution in [0.5, 0.6) is 5.75 Å². The summed E-state index contributed by atoms with van der Waals surface area (Å²) in [6.07, 6.45) is 8.88. The number of nitrogens with one attached hydrogen (secondary N) is 1. The summed E-state index contributed by atoms with van der Waals surface area (Å²) < 4.78 is 7.63. The molecule has 0 amide bonds. The Hall–Kier alpha value is -2.86. The molecule has 0 bridgehead atoms. The number of imidazole rings is 1. The molecule has 0 unspecified atom stereocenters. The highest BCUT2D eigenvalue weighted by Gasteiger charge is 2.14. The Morgan fingerprint density at radius 1 is 1.22 bits per heavy atom. The van der Waals surface area contributed by atoms with E-state index in [-0.39, 0.29) is 0 Å². The van der Waals surface area contributed by atoms with Gasteiger partial charge in [-0.1, -0.05) is 36.5 Å². The van der Waals surface area contributed by atoms with Crippen LogP contribution in [0.1, 0.15) is 20.3 Å². The topological polar surface area (TPSA) is 51.5 Å². The second-order valence-electron chi connectivity index (χ2n) is 6.48. The zero-order valence-electron chi connectivity index (χ0n) is 15.6. The standard InChI is InChI=1S/C21H22N4OS/c1-4-14(2)24-21-23-12-19(27-21)15-11-17(20-22-9-10-25(20)13-15)16-7-5-6-8-18(16)26-3/h5-14H,4H2,1-3H3,(H,23,24)/t14-/m1/s1. The molecule has 4 rings (SSSR count). The lowest BCUT2D eigenvalue weighted by atomic mass is 10.0. The van der Waals surface area contributed by atoms with E-state index in [1.807, 2.05) is 36.8 Å². The Bertz CT molecular complexity index is 1070. The second kappa shape index (κ2) is 7.40. The van der Waals surface area contributed by atoms with Crippen LogP contribution in [0.3, 0.4) is 0 Å². The van der Waals surface area contributed by atoms with Crippen molar-refractivity contribution in [1.29, 1.82) is 0 Å². The van der Waals surface area contributed by atoms with Crippen molar-refractivity contribution >= 4 is 22.1 Å². The maximum atomic E-state index is 5.57. The van der Waals surface area contributed by atoms with Gasteiger partial charge in [0.1, 0.15) is 11.4 Å². The van der Waals surface area contributed by atoms with Gasteiger partial charge in [0.25, 0.3) is 0 Å². The van der Waals surface area contributed by atoms with E-state index < -0.39 is 0 Å². The molecule has 0 saturated heterocycles. The van der Waals surface area contributed by atoms with Gasteiger partial charge in [0.2, 0.25) is 0 Å². The third-order valence-corrected chi connectivity index (χ3v) is 5.63. The molecule has 0 radical (unpaired) electrons. The number of thiazole rings is 1. The molecule has 0 saturated carbocycles. The molecule has 1 N–H and O–H groups in total. The summed E-state index contributed by atoms with van der Waals surface area (Å²) in [6.45, 7) is 4.33. The molecule has 0 aliphatic carbocycles. The third-order valence-electron chi connectivity index (χ3n) is 4.66. The number of rotatable bonds is 6. The maximum absolute atomic E-state index is 5.57. The number of methoxy groups -OCH3 is 1. The molecule has 1 atom stereocenters. The van der Waals surface area contributed by atoms with Crippen LogP contribution in [-0.4, -0.2) is 27.5 Å². The Morgan fingerprint density at radius 3 is 2.89 bits per heavy atom. The number of hydrogen-bond donors (Lipinski definition) is 1. The summed E-state index contributed by atoms with van der Waals surface area (Å²) in [5, 5.41) is 4.39. The molecule has 5 nitrogen and oxygen atoms in total. The first-order valence-corrected chi connectivity index (χ1v) is 9.84. The average molecular weight is 379 g/mol. The monoisotopic (exact) mass is 378 g/mol. The number of pyridine rings is 1. The summed E-state index contributed by atoms with van der Waals surface area (Å²) in [7, 11) is 1.70. The minimum Gasteiger partial charge on any atom is -0.496 e. The second-order valence-corrected chi connectivity index (χ2v) is 7.51. The number of fused-ring (bicyclic) bond motifs is 1. The van der Waals surface area contributed by atoms with Crippen LogP contribution in [0.4, 0.5) is 5.13 Å². The van der Waals surface area contributed by atoms with Crippen LogP contribution < -0.4 is 10.1 Å². The van der Waals surface area contributed by atoms with E-state index in [2.05, 4.69) is 51.9 Å². The largest absolute Gasteiger partial charge is 0.496 e. The van der Waals surface area contributed by atoms with E-state index >= 15 is 0 Å². The van der Waals surface area contributed by atoms with Gasteiger partial charge in [0.15, 0.2) is 5.13 Å². The number of nitrogens with zero attached hydrogens (tertiary/aromatic N) is 3. The van der Waals surface area contributed by atoms with Gasteiger partial charge < -0.3 is 14.5 Å². The lowest BCUT2D eigenvalue weighted by Crippen LogP contribution is -2.12. The zero-order chi connectivity index (χ0) is 18.8. The molecule has 27 heavy (non-hydrogen) atoms. The molecule has 3 heterocycles. The van der Waals surface area contributed by atoms with E-state index in [0.717, 1.165) is 44.5 Å². The predicted molar refractivity (Wildman–Crippen MR) is 112 cm³/mol. The van der Waals surface area contributed by atoms with Crippen molar-refractivity contribution in [3.63, 3.8) is 0 Å². The quantitative estimate of drug-likeness (QED) is 0.492. The van der Waals surface area contributed by atoms with Crippen molar-refractivity contribution in [2.24, 2.45) is 0 Å². The first-order valence-electron chi connectivity index (χ1n) is 9.02. The van der Waals surface area contributed by atoms with Gasteiger partial charge in [-0.25, -0.2) is 9.97 Å². The van der Waals surface area contributed by atoms with Gasteiger partial charge in [-0.15, -0.1) is 0 Å². The Kier molecular flexibility index (Phi) is 4.81. The number of para-hydroxylation sites is 1. The van der Waals surface area contributed by atoms with Crippen molar-refractivity contribution in [1.82, 2.24) is 14.4 Å². The highest BCUT2D eigenvalue weighted by molar-refractivity contribution is 7.18. The van der Waals surface area contributed by atoms with E-state index in [0.29, 0.717) is 6.04 Å². The molecule has 1 aromatic carbocycles. The van der Waals surface area contributed by atoms with Crippen molar-refractivity contribution < 1.29 is 4.74 Å². The summed E-state index contributed by atoms with van der Waals surface area (Å²) in [5.74, 6) is 0.836. The van der Waals surface area contributed by atoms with Gasteiger partial charge in [-0.2, -0.15) is 0 Å².